The van der Waals surface area contributed by atoms with Gasteiger partial charge in [0.15, 0.2) is 0 Å². The van der Waals surface area contributed by atoms with Gasteiger partial charge in [-0.25, -0.2) is 8.42 Å². The van der Waals surface area contributed by atoms with Crippen LogP contribution in [0.4, 0.5) is 0 Å². The summed E-state index contributed by atoms with van der Waals surface area (Å²) in [6.07, 6.45) is 5.94. The van der Waals surface area contributed by atoms with Crippen molar-refractivity contribution in [3.05, 3.63) is 65.7 Å². The summed E-state index contributed by atoms with van der Waals surface area (Å²) in [5.74, 6) is 0.0363. The molecule has 0 bridgehead atoms. The second kappa shape index (κ2) is 10.6. The maximum absolute atomic E-state index is 12.8. The number of hydrogen-bond acceptors (Lipinski definition) is 3. The lowest BCUT2D eigenvalue weighted by molar-refractivity contribution is -0.121. The molecule has 0 aromatic heterocycles. The smallest absolute Gasteiger partial charge is 0.243 e. The highest BCUT2D eigenvalue weighted by atomic mass is 32.2. The molecule has 5 nitrogen and oxygen atoms in total. The summed E-state index contributed by atoms with van der Waals surface area (Å²) in [6, 6.07) is 17.0. The third-order valence-electron chi connectivity index (χ3n) is 5.35. The monoisotopic (exact) mass is 414 g/mol. The van der Waals surface area contributed by atoms with Crippen molar-refractivity contribution >= 4 is 15.9 Å². The molecular weight excluding hydrogens is 384 g/mol. The first-order valence-electron chi connectivity index (χ1n) is 10.5. The Hall–Kier alpha value is -2.18. The molecule has 3 rings (SSSR count). The lowest BCUT2D eigenvalue weighted by Crippen LogP contribution is -2.31. The zero-order valence-electron chi connectivity index (χ0n) is 16.8. The van der Waals surface area contributed by atoms with E-state index in [1.807, 2.05) is 42.5 Å². The number of rotatable bonds is 8. The first-order chi connectivity index (χ1) is 14.1. The normalized spacial score (nSPS) is 15.6. The van der Waals surface area contributed by atoms with E-state index in [1.54, 1.807) is 16.4 Å². The van der Waals surface area contributed by atoms with Gasteiger partial charge in [0.05, 0.1) is 4.90 Å². The molecule has 1 N–H and O–H groups in total. The van der Waals surface area contributed by atoms with Gasteiger partial charge in [0.2, 0.25) is 15.9 Å². The van der Waals surface area contributed by atoms with E-state index in [2.05, 4.69) is 5.32 Å². The van der Waals surface area contributed by atoms with E-state index >= 15 is 0 Å². The fourth-order valence-corrected chi connectivity index (χ4v) is 5.11. The van der Waals surface area contributed by atoms with E-state index in [0.29, 0.717) is 37.4 Å². The minimum Gasteiger partial charge on any atom is -0.356 e. The minimum atomic E-state index is -3.41. The maximum atomic E-state index is 12.8. The first kappa shape index (κ1) is 21.5. The van der Waals surface area contributed by atoms with Gasteiger partial charge >= 0.3 is 0 Å². The Morgan fingerprint density at radius 1 is 0.828 bits per heavy atom. The Balaban J connectivity index is 1.46. The molecule has 1 fully saturated rings. The van der Waals surface area contributed by atoms with E-state index < -0.39 is 10.0 Å². The van der Waals surface area contributed by atoms with Gasteiger partial charge in [-0.2, -0.15) is 4.31 Å². The summed E-state index contributed by atoms with van der Waals surface area (Å²) in [6.45, 7) is 1.77. The molecule has 156 valence electrons. The summed E-state index contributed by atoms with van der Waals surface area (Å²) in [5, 5.41) is 2.94. The predicted octanol–water partition coefficient (Wildman–Crippen LogP) is 3.54. The molecular formula is C23H30N2O3S. The Morgan fingerprint density at radius 3 is 2.10 bits per heavy atom. The summed E-state index contributed by atoms with van der Waals surface area (Å²) >= 11 is 0. The van der Waals surface area contributed by atoms with Gasteiger partial charge in [-0.15, -0.1) is 0 Å². The maximum Gasteiger partial charge on any atom is 0.243 e. The predicted molar refractivity (Wildman–Crippen MR) is 115 cm³/mol. The molecule has 1 aliphatic heterocycles. The van der Waals surface area contributed by atoms with Gasteiger partial charge in [0.1, 0.15) is 0 Å². The zero-order chi connectivity index (χ0) is 20.5. The molecule has 1 aliphatic rings. The van der Waals surface area contributed by atoms with Crippen molar-refractivity contribution in [1.29, 1.82) is 0 Å². The third kappa shape index (κ3) is 6.41. The van der Waals surface area contributed by atoms with Crippen LogP contribution in [-0.4, -0.2) is 38.3 Å². The van der Waals surface area contributed by atoms with Gasteiger partial charge in [0, 0.05) is 26.1 Å². The van der Waals surface area contributed by atoms with Crippen LogP contribution in [0.5, 0.6) is 0 Å². The van der Waals surface area contributed by atoms with Gasteiger partial charge < -0.3 is 5.32 Å². The summed E-state index contributed by atoms with van der Waals surface area (Å²) < 4.78 is 27.2. The van der Waals surface area contributed by atoms with Crippen LogP contribution in [0.25, 0.3) is 0 Å². The first-order valence-corrected chi connectivity index (χ1v) is 11.9. The van der Waals surface area contributed by atoms with Crippen LogP contribution in [0.1, 0.15) is 43.2 Å². The summed E-state index contributed by atoms with van der Waals surface area (Å²) in [5.41, 5.74) is 2.17. The third-order valence-corrected chi connectivity index (χ3v) is 7.26. The quantitative estimate of drug-likeness (QED) is 0.718. The van der Waals surface area contributed by atoms with Crippen molar-refractivity contribution in [3.63, 3.8) is 0 Å². The van der Waals surface area contributed by atoms with Crippen LogP contribution in [0.2, 0.25) is 0 Å². The molecule has 0 atom stereocenters. The Bertz CT molecular complexity index is 872. The molecule has 0 radical (unpaired) electrons. The largest absolute Gasteiger partial charge is 0.356 e. The Morgan fingerprint density at radius 2 is 1.45 bits per heavy atom. The molecule has 1 heterocycles. The number of benzene rings is 2. The minimum absolute atomic E-state index is 0.0363. The summed E-state index contributed by atoms with van der Waals surface area (Å²) in [7, 11) is -3.41. The molecule has 2 aromatic carbocycles. The van der Waals surface area contributed by atoms with Crippen LogP contribution in [-0.2, 0) is 27.7 Å². The van der Waals surface area contributed by atoms with E-state index in [4.69, 9.17) is 0 Å². The van der Waals surface area contributed by atoms with Crippen LogP contribution in [0.3, 0.4) is 0 Å². The van der Waals surface area contributed by atoms with Crippen LogP contribution >= 0.6 is 0 Å². The fraction of sp³-hybridized carbons (Fsp3) is 0.435. The number of nitrogens with one attached hydrogen (secondary N) is 1. The number of carbonyl (C=O) groups is 1. The molecule has 0 saturated carbocycles. The lowest BCUT2D eigenvalue weighted by Gasteiger charge is -2.20. The molecule has 1 saturated heterocycles. The molecule has 2 aromatic rings. The number of sulfonamides is 1. The van der Waals surface area contributed by atoms with E-state index in [1.165, 1.54) is 0 Å². The van der Waals surface area contributed by atoms with Crippen molar-refractivity contribution in [3.8, 4) is 0 Å². The van der Waals surface area contributed by atoms with Crippen LogP contribution in [0, 0.1) is 0 Å². The van der Waals surface area contributed by atoms with Gasteiger partial charge in [0.25, 0.3) is 0 Å². The second-order valence-corrected chi connectivity index (χ2v) is 9.49. The molecule has 1 amide bonds. The topological polar surface area (TPSA) is 66.5 Å². The SMILES string of the molecule is O=C(CCc1ccccc1)NCCc1ccc(S(=O)(=O)N2CCCCCC2)cc1. The van der Waals surface area contributed by atoms with Crippen LogP contribution < -0.4 is 5.32 Å². The van der Waals surface area contributed by atoms with Crippen molar-refractivity contribution in [2.24, 2.45) is 0 Å². The molecule has 0 aliphatic carbocycles. The van der Waals surface area contributed by atoms with Gasteiger partial charge in [-0.1, -0.05) is 55.3 Å². The number of nitrogens with zero attached hydrogens (tertiary/aromatic N) is 1. The van der Waals surface area contributed by atoms with E-state index in [-0.39, 0.29) is 5.91 Å². The lowest BCUT2D eigenvalue weighted by atomic mass is 10.1. The highest BCUT2D eigenvalue weighted by Crippen LogP contribution is 2.20. The van der Waals surface area contributed by atoms with Crippen molar-refractivity contribution in [2.45, 2.75) is 49.8 Å². The highest BCUT2D eigenvalue weighted by molar-refractivity contribution is 7.89. The fourth-order valence-electron chi connectivity index (χ4n) is 3.60. The van der Waals surface area contributed by atoms with E-state index in [0.717, 1.165) is 43.2 Å². The standard InChI is InChI=1S/C23H30N2O3S/c26-23(15-12-20-8-4-3-5-9-20)24-17-16-21-10-13-22(14-11-21)29(27,28)25-18-6-1-2-7-19-25/h3-5,8-11,13-14H,1-2,6-7,12,15-19H2,(H,24,26). The van der Waals surface area contributed by atoms with Gasteiger partial charge in [-0.05, 0) is 48.9 Å². The molecule has 0 spiro atoms. The Kier molecular flexibility index (Phi) is 7.83. The number of aryl methyl sites for hydroxylation is 1. The van der Waals surface area contributed by atoms with Crippen LogP contribution in [0.15, 0.2) is 59.5 Å². The van der Waals surface area contributed by atoms with E-state index in [9.17, 15) is 13.2 Å². The number of carbonyl (C=O) groups excluding carboxylic acids is 1. The average molecular weight is 415 g/mol. The second-order valence-electron chi connectivity index (χ2n) is 7.55. The molecule has 6 heteroatoms. The van der Waals surface area contributed by atoms with Gasteiger partial charge in [-0.3, -0.25) is 4.79 Å². The van der Waals surface area contributed by atoms with Crippen molar-refractivity contribution in [2.75, 3.05) is 19.6 Å². The van der Waals surface area contributed by atoms with Crippen molar-refractivity contribution in [1.82, 2.24) is 9.62 Å². The summed E-state index contributed by atoms with van der Waals surface area (Å²) in [4.78, 5) is 12.4. The molecule has 0 unspecified atom stereocenters. The average Bonchev–Trinajstić information content (AvgIpc) is 3.04. The molecule has 29 heavy (non-hydrogen) atoms. The Labute approximate surface area is 174 Å². The highest BCUT2D eigenvalue weighted by Gasteiger charge is 2.24. The number of hydrogen-bond donors (Lipinski definition) is 1. The number of amides is 1. The zero-order valence-corrected chi connectivity index (χ0v) is 17.7. The van der Waals surface area contributed by atoms with Crippen molar-refractivity contribution < 1.29 is 13.2 Å².